The lowest BCUT2D eigenvalue weighted by Gasteiger charge is -2.33. The average Bonchev–Trinajstić information content (AvgIpc) is 2.91. The number of hydrogen-bond acceptors (Lipinski definition) is 5. The highest BCUT2D eigenvalue weighted by Gasteiger charge is 2.38. The Labute approximate surface area is 168 Å². The number of amides is 1. The summed E-state index contributed by atoms with van der Waals surface area (Å²) < 4.78 is 24.5. The Morgan fingerprint density at radius 1 is 1.07 bits per heavy atom. The number of ether oxygens (including phenoxy) is 2. The number of fused-ring (bicyclic) bond motifs is 2. The number of Topliss-reactive ketones (excluding diaryl/α,β-unsaturated/α-hetero) is 1. The molecule has 2 heterocycles. The van der Waals surface area contributed by atoms with E-state index in [4.69, 9.17) is 9.47 Å². The number of halogens is 1. The lowest BCUT2D eigenvalue weighted by Crippen LogP contribution is -2.43. The monoisotopic (exact) mass is 398 g/mol. The molecule has 0 radical (unpaired) electrons. The van der Waals surface area contributed by atoms with Crippen molar-refractivity contribution in [2.24, 2.45) is 5.41 Å². The van der Waals surface area contributed by atoms with Crippen LogP contribution in [-0.2, 0) is 4.79 Å². The van der Waals surface area contributed by atoms with Crippen LogP contribution in [0.4, 0.5) is 10.1 Å². The molecule has 0 fully saturated rings. The molecule has 0 saturated carbocycles. The van der Waals surface area contributed by atoms with Crippen LogP contribution < -0.4 is 19.7 Å². The molecule has 1 unspecified atom stereocenters. The van der Waals surface area contributed by atoms with Crippen LogP contribution in [0.25, 0.3) is 0 Å². The molecule has 2 aliphatic heterocycles. The molecule has 1 N–H and O–H groups in total. The number of hydrogen-bond donors (Lipinski definition) is 1. The Kier molecular flexibility index (Phi) is 4.78. The highest BCUT2D eigenvalue weighted by molar-refractivity contribution is 6.52. The summed E-state index contributed by atoms with van der Waals surface area (Å²) in [6.45, 7) is 7.13. The van der Waals surface area contributed by atoms with E-state index in [1.54, 1.807) is 24.3 Å². The SMILES string of the molecule is CC(C)(C)C(NCN1C(=O)C(=O)c2cc3c(cc21)OCCO3)c1ccc(F)cc1. The van der Waals surface area contributed by atoms with Gasteiger partial charge in [-0.25, -0.2) is 4.39 Å². The highest BCUT2D eigenvalue weighted by atomic mass is 19.1. The molecule has 2 aromatic rings. The third kappa shape index (κ3) is 3.58. The van der Waals surface area contributed by atoms with E-state index in [1.807, 2.05) is 0 Å². The fraction of sp³-hybridized carbons (Fsp3) is 0.364. The summed E-state index contributed by atoms with van der Waals surface area (Å²) in [6, 6.07) is 9.38. The fourth-order valence-electron chi connectivity index (χ4n) is 3.75. The van der Waals surface area contributed by atoms with Crippen LogP contribution >= 0.6 is 0 Å². The number of anilines is 1. The topological polar surface area (TPSA) is 67.9 Å². The summed E-state index contributed by atoms with van der Waals surface area (Å²) in [5.41, 5.74) is 1.51. The number of carbonyl (C=O) groups excluding carboxylic acids is 2. The van der Waals surface area contributed by atoms with E-state index >= 15 is 0 Å². The second-order valence-corrected chi connectivity index (χ2v) is 8.29. The molecule has 0 aliphatic carbocycles. The summed E-state index contributed by atoms with van der Waals surface area (Å²) in [4.78, 5) is 26.5. The molecule has 29 heavy (non-hydrogen) atoms. The van der Waals surface area contributed by atoms with Gasteiger partial charge in [0.05, 0.1) is 17.9 Å². The van der Waals surface area contributed by atoms with Crippen LogP contribution in [0, 0.1) is 11.2 Å². The maximum atomic E-state index is 13.3. The Morgan fingerprint density at radius 3 is 2.31 bits per heavy atom. The van der Waals surface area contributed by atoms with E-state index < -0.39 is 11.7 Å². The van der Waals surface area contributed by atoms with Crippen molar-refractivity contribution in [3.8, 4) is 11.5 Å². The number of nitrogens with one attached hydrogen (secondary N) is 1. The molecular weight excluding hydrogens is 375 g/mol. The van der Waals surface area contributed by atoms with Crippen molar-refractivity contribution in [1.82, 2.24) is 5.32 Å². The van der Waals surface area contributed by atoms with Crippen LogP contribution in [0.5, 0.6) is 11.5 Å². The molecule has 152 valence electrons. The van der Waals surface area contributed by atoms with Crippen molar-refractivity contribution in [3.63, 3.8) is 0 Å². The zero-order valence-corrected chi connectivity index (χ0v) is 16.6. The van der Waals surface area contributed by atoms with Gasteiger partial charge in [0.1, 0.15) is 19.0 Å². The molecule has 4 rings (SSSR count). The number of ketones is 1. The average molecular weight is 398 g/mol. The van der Waals surface area contributed by atoms with Gasteiger partial charge in [-0.3, -0.25) is 19.8 Å². The molecule has 2 aliphatic rings. The van der Waals surface area contributed by atoms with Crippen LogP contribution in [0.2, 0.25) is 0 Å². The lowest BCUT2D eigenvalue weighted by atomic mass is 9.82. The van der Waals surface area contributed by atoms with E-state index in [1.165, 1.54) is 17.0 Å². The van der Waals surface area contributed by atoms with Gasteiger partial charge in [0.15, 0.2) is 11.5 Å². The first-order valence-electron chi connectivity index (χ1n) is 9.54. The number of carbonyl (C=O) groups is 2. The summed E-state index contributed by atoms with van der Waals surface area (Å²) in [7, 11) is 0. The van der Waals surface area contributed by atoms with Gasteiger partial charge in [-0.2, -0.15) is 0 Å². The molecule has 7 heteroatoms. The predicted molar refractivity (Wildman–Crippen MR) is 106 cm³/mol. The van der Waals surface area contributed by atoms with E-state index in [-0.39, 0.29) is 23.9 Å². The third-order valence-corrected chi connectivity index (χ3v) is 5.16. The summed E-state index contributed by atoms with van der Waals surface area (Å²) >= 11 is 0. The zero-order chi connectivity index (χ0) is 20.8. The molecule has 2 aromatic carbocycles. The van der Waals surface area contributed by atoms with Gasteiger partial charge in [0.2, 0.25) is 0 Å². The molecule has 1 atom stereocenters. The summed E-state index contributed by atoms with van der Waals surface area (Å²) in [6.07, 6.45) is 0. The van der Waals surface area contributed by atoms with Gasteiger partial charge in [0, 0.05) is 12.1 Å². The number of nitrogens with zero attached hydrogens (tertiary/aromatic N) is 1. The van der Waals surface area contributed by atoms with E-state index in [0.717, 1.165) is 5.56 Å². The molecule has 1 amide bonds. The van der Waals surface area contributed by atoms with Gasteiger partial charge in [-0.1, -0.05) is 32.9 Å². The fourth-order valence-corrected chi connectivity index (χ4v) is 3.75. The lowest BCUT2D eigenvalue weighted by molar-refractivity contribution is -0.114. The van der Waals surface area contributed by atoms with Crippen molar-refractivity contribution in [1.29, 1.82) is 0 Å². The first kappa shape index (κ1) is 19.4. The molecule has 6 nitrogen and oxygen atoms in total. The minimum atomic E-state index is -0.596. The maximum absolute atomic E-state index is 13.3. The number of rotatable bonds is 4. The smallest absolute Gasteiger partial charge is 0.300 e. The van der Waals surface area contributed by atoms with Gasteiger partial charge in [-0.15, -0.1) is 0 Å². The first-order chi connectivity index (χ1) is 13.8. The second-order valence-electron chi connectivity index (χ2n) is 8.29. The Bertz CT molecular complexity index is 966. The van der Waals surface area contributed by atoms with Crippen molar-refractivity contribution < 1.29 is 23.5 Å². The van der Waals surface area contributed by atoms with Crippen LogP contribution in [0.3, 0.4) is 0 Å². The Balaban J connectivity index is 1.61. The predicted octanol–water partition coefficient (Wildman–Crippen LogP) is 3.46. The van der Waals surface area contributed by atoms with Crippen molar-refractivity contribution in [2.75, 3.05) is 24.8 Å². The Hall–Kier alpha value is -2.93. The van der Waals surface area contributed by atoms with Crippen molar-refractivity contribution >= 4 is 17.4 Å². The summed E-state index contributed by atoms with van der Waals surface area (Å²) in [5, 5.41) is 3.37. The molecule has 0 spiro atoms. The van der Waals surface area contributed by atoms with E-state index in [2.05, 4.69) is 26.1 Å². The van der Waals surface area contributed by atoms with Gasteiger partial charge in [0.25, 0.3) is 5.78 Å². The van der Waals surface area contributed by atoms with Gasteiger partial charge < -0.3 is 9.47 Å². The minimum absolute atomic E-state index is 0.135. The van der Waals surface area contributed by atoms with Crippen molar-refractivity contribution in [3.05, 3.63) is 53.3 Å². The quantitative estimate of drug-likeness (QED) is 0.799. The molecular formula is C22H23FN2O4. The van der Waals surface area contributed by atoms with E-state index in [0.29, 0.717) is 36.0 Å². The first-order valence-corrected chi connectivity index (χ1v) is 9.54. The number of benzene rings is 2. The van der Waals surface area contributed by atoms with Crippen LogP contribution in [0.15, 0.2) is 36.4 Å². The molecule has 0 aromatic heterocycles. The third-order valence-electron chi connectivity index (χ3n) is 5.16. The standard InChI is InChI=1S/C22H23FN2O4/c1-22(2,3)20(13-4-6-14(23)7-5-13)24-12-25-16-11-18-17(28-8-9-29-18)10-15(16)19(26)21(25)27/h4-7,10-11,20,24H,8-9,12H2,1-3H3. The van der Waals surface area contributed by atoms with Gasteiger partial charge >= 0.3 is 5.91 Å². The molecule has 0 saturated heterocycles. The van der Waals surface area contributed by atoms with Crippen LogP contribution in [0.1, 0.15) is 42.7 Å². The summed E-state index contributed by atoms with van der Waals surface area (Å²) in [5.74, 6) is -0.463. The Morgan fingerprint density at radius 2 is 1.69 bits per heavy atom. The van der Waals surface area contributed by atoms with Crippen molar-refractivity contribution in [2.45, 2.75) is 26.8 Å². The molecule has 0 bridgehead atoms. The highest BCUT2D eigenvalue weighted by Crippen LogP contribution is 2.40. The normalized spacial score (nSPS) is 16.8. The van der Waals surface area contributed by atoms with E-state index in [9.17, 15) is 14.0 Å². The second kappa shape index (κ2) is 7.15. The van der Waals surface area contributed by atoms with Gasteiger partial charge in [-0.05, 0) is 29.2 Å². The zero-order valence-electron chi connectivity index (χ0n) is 16.6. The maximum Gasteiger partial charge on any atom is 0.300 e. The largest absolute Gasteiger partial charge is 0.486 e. The van der Waals surface area contributed by atoms with Crippen LogP contribution in [-0.4, -0.2) is 31.6 Å². The minimum Gasteiger partial charge on any atom is -0.486 e.